The van der Waals surface area contributed by atoms with Gasteiger partial charge in [0.25, 0.3) is 0 Å². The predicted octanol–water partition coefficient (Wildman–Crippen LogP) is 1.95. The lowest BCUT2D eigenvalue weighted by atomic mass is 10.0. The molecule has 1 unspecified atom stereocenters. The number of nitrogens with one attached hydrogen (secondary N) is 1. The number of hydrogen-bond donors (Lipinski definition) is 1. The van der Waals surface area contributed by atoms with E-state index in [0.717, 1.165) is 13.0 Å². The molecule has 2 amide bonds. The van der Waals surface area contributed by atoms with Crippen molar-refractivity contribution in [3.63, 3.8) is 0 Å². The predicted molar refractivity (Wildman–Crippen MR) is 59.7 cm³/mol. The molecular weight excluding hydrogens is 188 g/mol. The lowest BCUT2D eigenvalue weighted by molar-refractivity contribution is 0.226. The molecule has 1 aliphatic rings. The molecule has 80 valence electrons. The normalized spacial score (nSPS) is 20.5. The zero-order valence-corrected chi connectivity index (χ0v) is 9.16. The van der Waals surface area contributed by atoms with Crippen LogP contribution in [-0.4, -0.2) is 24.5 Å². The summed E-state index contributed by atoms with van der Waals surface area (Å²) in [7, 11) is 1.82. The van der Waals surface area contributed by atoms with Crippen LogP contribution in [0.1, 0.15) is 24.1 Å². The number of nitrogens with zero attached hydrogens (tertiary/aromatic N) is 1. The fourth-order valence-electron chi connectivity index (χ4n) is 1.84. The Balaban J connectivity index is 2.13. The van der Waals surface area contributed by atoms with Crippen molar-refractivity contribution in [2.75, 3.05) is 13.6 Å². The molecule has 1 aliphatic heterocycles. The monoisotopic (exact) mass is 204 g/mol. The Morgan fingerprint density at radius 2 is 2.07 bits per heavy atom. The summed E-state index contributed by atoms with van der Waals surface area (Å²) in [5.74, 6) is 0. The molecule has 1 fully saturated rings. The second-order valence-corrected chi connectivity index (χ2v) is 3.98. The van der Waals surface area contributed by atoms with E-state index in [9.17, 15) is 4.79 Å². The largest absolute Gasteiger partial charge is 0.329 e. The van der Waals surface area contributed by atoms with E-state index in [1.165, 1.54) is 11.1 Å². The van der Waals surface area contributed by atoms with Crippen molar-refractivity contribution in [2.45, 2.75) is 19.4 Å². The number of likely N-dealkylation sites (N-methyl/N-ethyl adjacent to an activating group) is 1. The van der Waals surface area contributed by atoms with E-state index in [0.29, 0.717) is 0 Å². The van der Waals surface area contributed by atoms with Gasteiger partial charge in [0.2, 0.25) is 0 Å². The molecule has 0 bridgehead atoms. The summed E-state index contributed by atoms with van der Waals surface area (Å²) in [6.45, 7) is 2.89. The molecule has 1 aromatic carbocycles. The molecule has 1 atom stereocenters. The first-order chi connectivity index (χ1) is 7.20. The Hall–Kier alpha value is -1.51. The molecule has 0 aromatic heterocycles. The molecule has 1 saturated heterocycles. The van der Waals surface area contributed by atoms with Crippen LogP contribution in [0.5, 0.6) is 0 Å². The highest BCUT2D eigenvalue weighted by molar-refractivity contribution is 5.76. The standard InChI is InChI=1S/C12H16N2O/c1-3-9-4-6-10(7-5-9)11-8-14(2)12(15)13-11/h4-7,11H,3,8H2,1-2H3,(H,13,15). The maximum Gasteiger partial charge on any atom is 0.317 e. The van der Waals surface area contributed by atoms with E-state index in [2.05, 4.69) is 36.5 Å². The number of aryl methyl sites for hydroxylation is 1. The molecule has 3 nitrogen and oxygen atoms in total. The third-order valence-corrected chi connectivity index (χ3v) is 2.89. The molecule has 15 heavy (non-hydrogen) atoms. The van der Waals surface area contributed by atoms with Gasteiger partial charge in [-0.05, 0) is 17.5 Å². The van der Waals surface area contributed by atoms with E-state index < -0.39 is 0 Å². The van der Waals surface area contributed by atoms with Crippen molar-refractivity contribution in [3.05, 3.63) is 35.4 Å². The fourth-order valence-corrected chi connectivity index (χ4v) is 1.84. The zero-order chi connectivity index (χ0) is 10.8. The van der Waals surface area contributed by atoms with Gasteiger partial charge in [-0.3, -0.25) is 0 Å². The third-order valence-electron chi connectivity index (χ3n) is 2.89. The van der Waals surface area contributed by atoms with Crippen molar-refractivity contribution < 1.29 is 4.79 Å². The average molecular weight is 204 g/mol. The number of urea groups is 1. The van der Waals surface area contributed by atoms with Crippen molar-refractivity contribution in [1.82, 2.24) is 10.2 Å². The number of rotatable bonds is 2. The van der Waals surface area contributed by atoms with E-state index in [1.54, 1.807) is 4.90 Å². The molecule has 2 rings (SSSR count). The van der Waals surface area contributed by atoms with E-state index in [4.69, 9.17) is 0 Å². The molecule has 0 saturated carbocycles. The number of carbonyl (C=O) groups is 1. The van der Waals surface area contributed by atoms with Gasteiger partial charge in [-0.15, -0.1) is 0 Å². The Labute approximate surface area is 90.1 Å². The van der Waals surface area contributed by atoms with Crippen molar-refractivity contribution in [2.24, 2.45) is 0 Å². The third kappa shape index (κ3) is 1.96. The van der Waals surface area contributed by atoms with Crippen LogP contribution in [0.3, 0.4) is 0 Å². The van der Waals surface area contributed by atoms with E-state index in [-0.39, 0.29) is 12.1 Å². The molecule has 0 aliphatic carbocycles. The molecule has 3 heteroatoms. The van der Waals surface area contributed by atoms with Gasteiger partial charge in [-0.25, -0.2) is 4.79 Å². The number of carbonyl (C=O) groups excluding carboxylic acids is 1. The lowest BCUT2D eigenvalue weighted by Gasteiger charge is -2.10. The quantitative estimate of drug-likeness (QED) is 0.784. The number of benzene rings is 1. The van der Waals surface area contributed by atoms with Crippen LogP contribution in [0.25, 0.3) is 0 Å². The van der Waals surface area contributed by atoms with Crippen LogP contribution in [-0.2, 0) is 6.42 Å². The highest BCUT2D eigenvalue weighted by Gasteiger charge is 2.26. The van der Waals surface area contributed by atoms with Gasteiger partial charge in [0.1, 0.15) is 0 Å². The van der Waals surface area contributed by atoms with Gasteiger partial charge in [0.15, 0.2) is 0 Å². The van der Waals surface area contributed by atoms with Crippen LogP contribution in [0.15, 0.2) is 24.3 Å². The minimum atomic E-state index is 0.0135. The van der Waals surface area contributed by atoms with Crippen LogP contribution >= 0.6 is 0 Å². The maximum absolute atomic E-state index is 11.3. The van der Waals surface area contributed by atoms with Crippen LogP contribution in [0, 0.1) is 0 Å². The number of amides is 2. The highest BCUT2D eigenvalue weighted by Crippen LogP contribution is 2.19. The lowest BCUT2D eigenvalue weighted by Crippen LogP contribution is -2.23. The van der Waals surface area contributed by atoms with Gasteiger partial charge in [0.05, 0.1) is 6.04 Å². The SMILES string of the molecule is CCc1ccc(C2CN(C)C(=O)N2)cc1. The summed E-state index contributed by atoms with van der Waals surface area (Å²) < 4.78 is 0. The fraction of sp³-hybridized carbons (Fsp3) is 0.417. The first-order valence-corrected chi connectivity index (χ1v) is 5.31. The Bertz CT molecular complexity index is 358. The molecule has 1 N–H and O–H groups in total. The molecule has 0 radical (unpaired) electrons. The van der Waals surface area contributed by atoms with Gasteiger partial charge in [-0.2, -0.15) is 0 Å². The van der Waals surface area contributed by atoms with E-state index >= 15 is 0 Å². The molecule has 0 spiro atoms. The van der Waals surface area contributed by atoms with Crippen LogP contribution < -0.4 is 5.32 Å². The molecule has 1 heterocycles. The van der Waals surface area contributed by atoms with Gasteiger partial charge in [-0.1, -0.05) is 31.2 Å². The highest BCUT2D eigenvalue weighted by atomic mass is 16.2. The van der Waals surface area contributed by atoms with Gasteiger partial charge >= 0.3 is 6.03 Å². The second-order valence-electron chi connectivity index (χ2n) is 3.98. The minimum absolute atomic E-state index is 0.0135. The topological polar surface area (TPSA) is 32.3 Å². The van der Waals surface area contributed by atoms with E-state index in [1.807, 2.05) is 7.05 Å². The van der Waals surface area contributed by atoms with Crippen molar-refractivity contribution in [1.29, 1.82) is 0 Å². The summed E-state index contributed by atoms with van der Waals surface area (Å²) in [5, 5.41) is 2.94. The average Bonchev–Trinajstić information content (AvgIpc) is 2.59. The number of hydrogen-bond acceptors (Lipinski definition) is 1. The van der Waals surface area contributed by atoms with Crippen LogP contribution in [0.4, 0.5) is 4.79 Å². The Morgan fingerprint density at radius 3 is 2.53 bits per heavy atom. The van der Waals surface area contributed by atoms with Crippen LogP contribution in [0.2, 0.25) is 0 Å². The summed E-state index contributed by atoms with van der Waals surface area (Å²) in [6.07, 6.45) is 1.05. The minimum Gasteiger partial charge on any atom is -0.329 e. The Kier molecular flexibility index (Phi) is 2.62. The van der Waals surface area contributed by atoms with Gasteiger partial charge in [0, 0.05) is 13.6 Å². The molecule has 1 aromatic rings. The van der Waals surface area contributed by atoms with Crippen molar-refractivity contribution >= 4 is 6.03 Å². The summed E-state index contributed by atoms with van der Waals surface area (Å²) in [6, 6.07) is 8.61. The van der Waals surface area contributed by atoms with Gasteiger partial charge < -0.3 is 10.2 Å². The first kappa shape index (κ1) is 10.0. The van der Waals surface area contributed by atoms with Crippen molar-refractivity contribution in [3.8, 4) is 0 Å². The zero-order valence-electron chi connectivity index (χ0n) is 9.16. The first-order valence-electron chi connectivity index (χ1n) is 5.31. The summed E-state index contributed by atoms with van der Waals surface area (Å²) in [5.41, 5.74) is 2.52. The summed E-state index contributed by atoms with van der Waals surface area (Å²) >= 11 is 0. The molecular formula is C12H16N2O. The summed E-state index contributed by atoms with van der Waals surface area (Å²) in [4.78, 5) is 13.0. The smallest absolute Gasteiger partial charge is 0.317 e. The second kappa shape index (κ2) is 3.93. The Morgan fingerprint density at radius 1 is 1.40 bits per heavy atom. The maximum atomic E-state index is 11.3.